The highest BCUT2D eigenvalue weighted by molar-refractivity contribution is 6.14. The molecule has 1 aliphatic carbocycles. The fourth-order valence-electron chi connectivity index (χ4n) is 1.52. The summed E-state index contributed by atoms with van der Waals surface area (Å²) in [6.45, 7) is 0. The summed E-state index contributed by atoms with van der Waals surface area (Å²) in [4.78, 5) is 0. The van der Waals surface area contributed by atoms with Gasteiger partial charge in [0.05, 0.1) is 0 Å². The molecule has 0 aromatic rings. The van der Waals surface area contributed by atoms with Gasteiger partial charge in [-0.2, -0.15) is 0 Å². The van der Waals surface area contributed by atoms with Crippen molar-refractivity contribution in [1.82, 2.24) is 0 Å². The largest absolute Gasteiger partial charge is 0.400 e. The maximum atomic E-state index is 9.46. The Kier molecular flexibility index (Phi) is 2.78. The Morgan fingerprint density at radius 2 is 1.30 bits per heavy atom. The van der Waals surface area contributed by atoms with Crippen molar-refractivity contribution in [1.29, 1.82) is 0 Å². The number of aliphatic hydroxyl groups is 1. The summed E-state index contributed by atoms with van der Waals surface area (Å²) in [7, 11) is 5.60. The molecular formula is C8H15BO. The van der Waals surface area contributed by atoms with Crippen LogP contribution in [0.25, 0.3) is 0 Å². The molecule has 10 heavy (non-hydrogen) atoms. The fraction of sp³-hybridized carbons (Fsp3) is 1.00. The highest BCUT2D eigenvalue weighted by Gasteiger charge is 2.19. The van der Waals surface area contributed by atoms with E-state index < -0.39 is 5.50 Å². The lowest BCUT2D eigenvalue weighted by Gasteiger charge is -2.25. The molecule has 0 saturated heterocycles. The predicted octanol–water partition coefficient (Wildman–Crippen LogP) is 1.59. The molecule has 2 radical (unpaired) electrons. The molecule has 1 N–H and O–H groups in total. The van der Waals surface area contributed by atoms with Gasteiger partial charge in [0.15, 0.2) is 0 Å². The minimum absolute atomic E-state index is 0.785. The van der Waals surface area contributed by atoms with E-state index in [0.29, 0.717) is 0 Å². The molecule has 0 atom stereocenters. The third kappa shape index (κ3) is 2.74. The van der Waals surface area contributed by atoms with Crippen LogP contribution in [0, 0.1) is 0 Å². The Morgan fingerprint density at radius 1 is 0.900 bits per heavy atom. The van der Waals surface area contributed by atoms with Crippen LogP contribution in [0.1, 0.15) is 44.9 Å². The second-order valence-electron chi connectivity index (χ2n) is 3.37. The van der Waals surface area contributed by atoms with Gasteiger partial charge < -0.3 is 5.11 Å². The molecule has 0 bridgehead atoms. The Morgan fingerprint density at radius 3 is 1.80 bits per heavy atom. The molecule has 0 spiro atoms. The van der Waals surface area contributed by atoms with Crippen LogP contribution in [-0.4, -0.2) is 18.5 Å². The molecule has 0 aromatic carbocycles. The van der Waals surface area contributed by atoms with Gasteiger partial charge in [-0.25, -0.2) is 0 Å². The molecule has 1 rings (SSSR count). The highest BCUT2D eigenvalue weighted by Crippen LogP contribution is 2.22. The minimum atomic E-state index is -0.847. The summed E-state index contributed by atoms with van der Waals surface area (Å²) in [6.07, 6.45) is 7.54. The number of hydrogen-bond acceptors (Lipinski definition) is 1. The first-order chi connectivity index (χ1) is 4.71. The third-order valence-corrected chi connectivity index (χ3v) is 2.22. The van der Waals surface area contributed by atoms with Crippen LogP contribution in [0.5, 0.6) is 0 Å². The average molecular weight is 138 g/mol. The summed E-state index contributed by atoms with van der Waals surface area (Å²) in [5, 5.41) is 9.46. The summed E-state index contributed by atoms with van der Waals surface area (Å²) in [5.41, 5.74) is -0.847. The third-order valence-electron chi connectivity index (χ3n) is 2.22. The van der Waals surface area contributed by atoms with Gasteiger partial charge in [-0.05, 0) is 12.8 Å². The van der Waals surface area contributed by atoms with Crippen molar-refractivity contribution in [3.8, 4) is 0 Å². The summed E-state index contributed by atoms with van der Waals surface area (Å²) in [5.74, 6) is 0. The van der Waals surface area contributed by atoms with Gasteiger partial charge in [-0.3, -0.25) is 0 Å². The molecule has 1 aliphatic rings. The maximum Gasteiger partial charge on any atom is 0.113 e. The Hall–Kier alpha value is 0.0249. The molecule has 2 heteroatoms. The average Bonchev–Trinajstić information content (AvgIpc) is 1.81. The topological polar surface area (TPSA) is 20.2 Å². The second-order valence-corrected chi connectivity index (χ2v) is 3.37. The molecule has 0 aromatic heterocycles. The van der Waals surface area contributed by atoms with Gasteiger partial charge in [-0.1, -0.05) is 32.1 Å². The van der Waals surface area contributed by atoms with Crippen molar-refractivity contribution in [2.45, 2.75) is 50.4 Å². The van der Waals surface area contributed by atoms with Crippen LogP contribution >= 0.6 is 0 Å². The van der Waals surface area contributed by atoms with Gasteiger partial charge in [-0.15, -0.1) is 0 Å². The molecule has 1 nitrogen and oxygen atoms in total. The zero-order valence-electron chi connectivity index (χ0n) is 6.47. The lowest BCUT2D eigenvalue weighted by atomic mass is 9.72. The standard InChI is InChI=1S/C8H15BO/c9-8(10)6-4-2-1-3-5-7-8/h10H,1-7H2. The normalized spacial score (nSPS) is 26.9. The van der Waals surface area contributed by atoms with Crippen molar-refractivity contribution in [3.05, 3.63) is 0 Å². The van der Waals surface area contributed by atoms with Gasteiger partial charge in [0, 0.05) is 5.50 Å². The van der Waals surface area contributed by atoms with Gasteiger partial charge in [0.2, 0.25) is 0 Å². The maximum absolute atomic E-state index is 9.46. The first kappa shape index (κ1) is 8.12. The lowest BCUT2D eigenvalue weighted by Crippen LogP contribution is -2.29. The minimum Gasteiger partial charge on any atom is -0.400 e. The van der Waals surface area contributed by atoms with E-state index in [0.717, 1.165) is 25.7 Å². The number of rotatable bonds is 0. The Labute approximate surface area is 64.2 Å². The van der Waals surface area contributed by atoms with Crippen LogP contribution in [0.4, 0.5) is 0 Å². The monoisotopic (exact) mass is 138 g/mol. The van der Waals surface area contributed by atoms with Crippen LogP contribution in [0.3, 0.4) is 0 Å². The zero-order chi connectivity index (χ0) is 7.45. The molecular weight excluding hydrogens is 123 g/mol. The number of hydrogen-bond donors (Lipinski definition) is 1. The summed E-state index contributed by atoms with van der Waals surface area (Å²) in [6, 6.07) is 0. The van der Waals surface area contributed by atoms with Crippen LogP contribution < -0.4 is 0 Å². The van der Waals surface area contributed by atoms with Crippen LogP contribution in [-0.2, 0) is 0 Å². The van der Waals surface area contributed by atoms with Gasteiger partial charge in [0.1, 0.15) is 7.85 Å². The van der Waals surface area contributed by atoms with Crippen molar-refractivity contribution in [2.24, 2.45) is 0 Å². The second kappa shape index (κ2) is 3.43. The molecule has 0 heterocycles. The molecule has 0 aliphatic heterocycles. The molecule has 0 amide bonds. The van der Waals surface area contributed by atoms with Crippen molar-refractivity contribution in [3.63, 3.8) is 0 Å². The fourth-order valence-corrected chi connectivity index (χ4v) is 1.52. The zero-order valence-corrected chi connectivity index (χ0v) is 6.47. The first-order valence-electron chi connectivity index (χ1n) is 4.22. The predicted molar refractivity (Wildman–Crippen MR) is 43.0 cm³/mol. The molecule has 1 fully saturated rings. The van der Waals surface area contributed by atoms with Gasteiger partial charge in [0.25, 0.3) is 0 Å². The van der Waals surface area contributed by atoms with E-state index in [4.69, 9.17) is 7.85 Å². The highest BCUT2D eigenvalue weighted by atomic mass is 16.3. The van der Waals surface area contributed by atoms with E-state index in [1.807, 2.05) is 0 Å². The van der Waals surface area contributed by atoms with E-state index in [-0.39, 0.29) is 0 Å². The quantitative estimate of drug-likeness (QED) is 0.504. The molecule has 56 valence electrons. The first-order valence-corrected chi connectivity index (χ1v) is 4.22. The van der Waals surface area contributed by atoms with E-state index >= 15 is 0 Å². The Bertz CT molecular complexity index is 91.4. The SMILES string of the molecule is [B]C1(O)CCCCCCC1. The summed E-state index contributed by atoms with van der Waals surface area (Å²) < 4.78 is 0. The Balaban J connectivity index is 2.30. The smallest absolute Gasteiger partial charge is 0.113 e. The van der Waals surface area contributed by atoms with Crippen molar-refractivity contribution < 1.29 is 5.11 Å². The van der Waals surface area contributed by atoms with Crippen LogP contribution in [0.15, 0.2) is 0 Å². The van der Waals surface area contributed by atoms with Crippen molar-refractivity contribution >= 4 is 7.85 Å². The van der Waals surface area contributed by atoms with Gasteiger partial charge >= 0.3 is 0 Å². The molecule has 0 unspecified atom stereocenters. The van der Waals surface area contributed by atoms with E-state index in [9.17, 15) is 5.11 Å². The van der Waals surface area contributed by atoms with Crippen LogP contribution in [0.2, 0.25) is 0 Å². The van der Waals surface area contributed by atoms with E-state index in [1.165, 1.54) is 19.3 Å². The van der Waals surface area contributed by atoms with Crippen molar-refractivity contribution in [2.75, 3.05) is 0 Å². The van der Waals surface area contributed by atoms with E-state index in [1.54, 1.807) is 0 Å². The summed E-state index contributed by atoms with van der Waals surface area (Å²) >= 11 is 0. The lowest BCUT2D eigenvalue weighted by molar-refractivity contribution is 0.0968. The molecule has 1 saturated carbocycles. The van der Waals surface area contributed by atoms with E-state index in [2.05, 4.69) is 0 Å².